The van der Waals surface area contributed by atoms with Gasteiger partial charge in [-0.2, -0.15) is 5.10 Å². The van der Waals surface area contributed by atoms with Gasteiger partial charge in [0, 0.05) is 4.88 Å². The molecule has 0 aliphatic heterocycles. The highest BCUT2D eigenvalue weighted by molar-refractivity contribution is 7.09. The highest BCUT2D eigenvalue weighted by Gasteiger charge is 2.28. The number of aromatic carboxylic acids is 1. The van der Waals surface area contributed by atoms with Crippen LogP contribution in [0.1, 0.15) is 48.1 Å². The molecule has 114 valence electrons. The average molecular weight is 307 g/mol. The SMILES string of the molecule is CCC(C)(C)n1nc(C)c(C(=O)O)c1NCc1cccs1. The van der Waals surface area contributed by atoms with Gasteiger partial charge in [-0.3, -0.25) is 0 Å². The molecule has 0 atom stereocenters. The van der Waals surface area contributed by atoms with Crippen molar-refractivity contribution in [3.8, 4) is 0 Å². The number of nitrogens with one attached hydrogen (secondary N) is 1. The summed E-state index contributed by atoms with van der Waals surface area (Å²) in [5.41, 5.74) is 0.557. The summed E-state index contributed by atoms with van der Waals surface area (Å²) in [6.45, 7) is 8.52. The lowest BCUT2D eigenvalue weighted by Gasteiger charge is -2.26. The molecule has 0 spiro atoms. The Morgan fingerprint density at radius 1 is 1.52 bits per heavy atom. The van der Waals surface area contributed by atoms with Crippen LogP contribution in [0.25, 0.3) is 0 Å². The molecule has 2 aromatic rings. The predicted molar refractivity (Wildman–Crippen MR) is 85.2 cm³/mol. The van der Waals surface area contributed by atoms with Crippen molar-refractivity contribution in [2.45, 2.75) is 46.2 Å². The zero-order valence-corrected chi connectivity index (χ0v) is 13.6. The zero-order valence-electron chi connectivity index (χ0n) is 12.8. The van der Waals surface area contributed by atoms with E-state index in [2.05, 4.69) is 31.2 Å². The fourth-order valence-electron chi connectivity index (χ4n) is 2.12. The van der Waals surface area contributed by atoms with Crippen LogP contribution < -0.4 is 5.32 Å². The molecule has 0 aromatic carbocycles. The molecule has 2 rings (SSSR count). The first-order chi connectivity index (χ1) is 9.86. The lowest BCUT2D eigenvalue weighted by Crippen LogP contribution is -2.28. The van der Waals surface area contributed by atoms with Crippen molar-refractivity contribution in [3.05, 3.63) is 33.6 Å². The van der Waals surface area contributed by atoms with Crippen LogP contribution in [0.4, 0.5) is 5.82 Å². The van der Waals surface area contributed by atoms with Crippen LogP contribution in [0, 0.1) is 6.92 Å². The normalized spacial score (nSPS) is 11.6. The Morgan fingerprint density at radius 2 is 2.24 bits per heavy atom. The molecule has 2 aromatic heterocycles. The van der Waals surface area contributed by atoms with Gasteiger partial charge < -0.3 is 10.4 Å². The molecule has 0 aliphatic rings. The van der Waals surface area contributed by atoms with E-state index >= 15 is 0 Å². The molecule has 0 unspecified atom stereocenters. The smallest absolute Gasteiger partial charge is 0.341 e. The minimum Gasteiger partial charge on any atom is -0.477 e. The standard InChI is InChI=1S/C15H21N3O2S/c1-5-15(3,4)18-13(12(14(19)20)10(2)17-18)16-9-11-7-6-8-21-11/h6-8,16H,5,9H2,1-4H3,(H,19,20). The van der Waals surface area contributed by atoms with Crippen molar-refractivity contribution in [1.29, 1.82) is 0 Å². The second-order valence-electron chi connectivity index (χ2n) is 5.62. The number of rotatable bonds is 6. The van der Waals surface area contributed by atoms with E-state index in [0.717, 1.165) is 11.3 Å². The van der Waals surface area contributed by atoms with Crippen molar-refractivity contribution in [2.24, 2.45) is 0 Å². The first-order valence-electron chi connectivity index (χ1n) is 6.96. The maximum absolute atomic E-state index is 11.5. The van der Waals surface area contributed by atoms with Gasteiger partial charge in [-0.25, -0.2) is 9.48 Å². The topological polar surface area (TPSA) is 67.2 Å². The molecule has 0 saturated carbocycles. The predicted octanol–water partition coefficient (Wildman–Crippen LogP) is 3.71. The largest absolute Gasteiger partial charge is 0.477 e. The maximum Gasteiger partial charge on any atom is 0.341 e. The molecule has 2 heterocycles. The second kappa shape index (κ2) is 5.89. The number of aryl methyl sites for hydroxylation is 1. The van der Waals surface area contributed by atoms with E-state index in [0.29, 0.717) is 18.1 Å². The summed E-state index contributed by atoms with van der Waals surface area (Å²) >= 11 is 1.64. The van der Waals surface area contributed by atoms with Crippen LogP contribution >= 0.6 is 11.3 Å². The second-order valence-corrected chi connectivity index (χ2v) is 6.66. The van der Waals surface area contributed by atoms with Crippen molar-refractivity contribution < 1.29 is 9.90 Å². The minimum atomic E-state index is -0.945. The van der Waals surface area contributed by atoms with Crippen molar-refractivity contribution >= 4 is 23.1 Å². The van der Waals surface area contributed by atoms with Crippen molar-refractivity contribution in [3.63, 3.8) is 0 Å². The van der Waals surface area contributed by atoms with Crippen LogP contribution in [0.3, 0.4) is 0 Å². The molecule has 0 fully saturated rings. The number of carboxylic acids is 1. The van der Waals surface area contributed by atoms with Gasteiger partial charge in [-0.15, -0.1) is 11.3 Å². The van der Waals surface area contributed by atoms with Gasteiger partial charge in [0.15, 0.2) is 0 Å². The first-order valence-corrected chi connectivity index (χ1v) is 7.84. The number of anilines is 1. The van der Waals surface area contributed by atoms with Crippen LogP contribution in [-0.4, -0.2) is 20.9 Å². The van der Waals surface area contributed by atoms with Crippen LogP contribution in [0.15, 0.2) is 17.5 Å². The van der Waals surface area contributed by atoms with E-state index in [1.807, 2.05) is 17.5 Å². The van der Waals surface area contributed by atoms with E-state index in [9.17, 15) is 9.90 Å². The third-order valence-corrected chi connectivity index (χ3v) is 4.60. The molecule has 21 heavy (non-hydrogen) atoms. The van der Waals surface area contributed by atoms with Gasteiger partial charge in [0.25, 0.3) is 0 Å². The van der Waals surface area contributed by atoms with Gasteiger partial charge in [0.05, 0.1) is 17.8 Å². The molecule has 2 N–H and O–H groups in total. The highest BCUT2D eigenvalue weighted by atomic mass is 32.1. The summed E-state index contributed by atoms with van der Waals surface area (Å²) in [5.74, 6) is -0.361. The van der Waals surface area contributed by atoms with E-state index in [-0.39, 0.29) is 11.1 Å². The monoisotopic (exact) mass is 307 g/mol. The Balaban J connectivity index is 2.41. The van der Waals surface area contributed by atoms with E-state index in [1.165, 1.54) is 0 Å². The Labute approximate surface area is 128 Å². The summed E-state index contributed by atoms with van der Waals surface area (Å²) < 4.78 is 1.80. The fourth-order valence-corrected chi connectivity index (χ4v) is 2.76. The quantitative estimate of drug-likeness (QED) is 0.853. The van der Waals surface area contributed by atoms with Gasteiger partial charge in [-0.05, 0) is 38.6 Å². The number of aromatic nitrogens is 2. The summed E-state index contributed by atoms with van der Waals surface area (Å²) in [7, 11) is 0. The lowest BCUT2D eigenvalue weighted by molar-refractivity contribution is 0.0697. The third-order valence-electron chi connectivity index (χ3n) is 3.72. The number of thiophene rings is 1. The first kappa shape index (κ1) is 15.6. The molecule has 0 saturated heterocycles. The Hall–Kier alpha value is -1.82. The summed E-state index contributed by atoms with van der Waals surface area (Å²) in [6, 6.07) is 4.01. The highest BCUT2D eigenvalue weighted by Crippen LogP contribution is 2.29. The summed E-state index contributed by atoms with van der Waals surface area (Å²) in [5, 5.41) is 19.2. The summed E-state index contributed by atoms with van der Waals surface area (Å²) in [4.78, 5) is 12.7. The molecule has 0 aliphatic carbocycles. The molecule has 0 bridgehead atoms. The number of carboxylic acid groups (broad SMARTS) is 1. The van der Waals surface area contributed by atoms with Crippen LogP contribution in [0.2, 0.25) is 0 Å². The Bertz CT molecular complexity index is 630. The molecular weight excluding hydrogens is 286 g/mol. The molecule has 0 amide bonds. The molecular formula is C15H21N3O2S. The third kappa shape index (κ3) is 3.10. The van der Waals surface area contributed by atoms with E-state index in [4.69, 9.17) is 0 Å². The van der Waals surface area contributed by atoms with Gasteiger partial charge >= 0.3 is 5.97 Å². The number of carbonyl (C=O) groups is 1. The van der Waals surface area contributed by atoms with Crippen LogP contribution in [-0.2, 0) is 12.1 Å². The average Bonchev–Trinajstić information content (AvgIpc) is 3.03. The summed E-state index contributed by atoms with van der Waals surface area (Å²) in [6.07, 6.45) is 0.862. The van der Waals surface area contributed by atoms with Crippen molar-refractivity contribution in [2.75, 3.05) is 5.32 Å². The number of hydrogen-bond acceptors (Lipinski definition) is 4. The Kier molecular flexibility index (Phi) is 4.37. The number of nitrogens with zero attached hydrogens (tertiary/aromatic N) is 2. The van der Waals surface area contributed by atoms with Gasteiger partial charge in [-0.1, -0.05) is 13.0 Å². The van der Waals surface area contributed by atoms with Crippen LogP contribution in [0.5, 0.6) is 0 Å². The lowest BCUT2D eigenvalue weighted by atomic mass is 10.0. The molecule has 5 nitrogen and oxygen atoms in total. The minimum absolute atomic E-state index is 0.240. The van der Waals surface area contributed by atoms with Gasteiger partial charge in [0.2, 0.25) is 0 Å². The van der Waals surface area contributed by atoms with Crippen molar-refractivity contribution in [1.82, 2.24) is 9.78 Å². The molecule has 0 radical (unpaired) electrons. The fraction of sp³-hybridized carbons (Fsp3) is 0.467. The van der Waals surface area contributed by atoms with E-state index in [1.54, 1.807) is 22.9 Å². The number of hydrogen-bond donors (Lipinski definition) is 2. The molecule has 6 heteroatoms. The zero-order chi connectivity index (χ0) is 15.6. The van der Waals surface area contributed by atoms with E-state index < -0.39 is 5.97 Å². The van der Waals surface area contributed by atoms with Gasteiger partial charge in [0.1, 0.15) is 11.4 Å². The maximum atomic E-state index is 11.5. The Morgan fingerprint density at radius 3 is 2.76 bits per heavy atom.